The van der Waals surface area contributed by atoms with Crippen molar-refractivity contribution in [2.75, 3.05) is 19.5 Å². The van der Waals surface area contributed by atoms with Crippen LogP contribution in [-0.4, -0.2) is 51.8 Å². The van der Waals surface area contributed by atoms with Crippen LogP contribution in [0.5, 0.6) is 0 Å². The topological polar surface area (TPSA) is 169 Å². The molecule has 0 aromatic carbocycles. The van der Waals surface area contributed by atoms with Gasteiger partial charge in [-0.15, -0.1) is 0 Å². The first-order valence-corrected chi connectivity index (χ1v) is 7.59. The molecule has 0 radical (unpaired) electrons. The summed E-state index contributed by atoms with van der Waals surface area (Å²) in [5.41, 5.74) is 4.56. The first-order valence-electron chi connectivity index (χ1n) is 6.13. The molecule has 2 heterocycles. The number of nitrogens with zero attached hydrogens (tertiary/aromatic N) is 2. The van der Waals surface area contributed by atoms with E-state index in [4.69, 9.17) is 10.5 Å². The molecule has 0 saturated carbocycles. The van der Waals surface area contributed by atoms with Gasteiger partial charge in [0.1, 0.15) is 24.1 Å². The Bertz CT molecular complexity index is 643. The summed E-state index contributed by atoms with van der Waals surface area (Å²) in [5.74, 6) is -0.0124. The van der Waals surface area contributed by atoms with Crippen LogP contribution < -0.4 is 45.9 Å². The molecular formula is C10H15N3NaO8P. The molecule has 1 fully saturated rings. The van der Waals surface area contributed by atoms with Crippen molar-refractivity contribution in [3.8, 4) is 0 Å². The van der Waals surface area contributed by atoms with Crippen LogP contribution in [0.25, 0.3) is 0 Å². The van der Waals surface area contributed by atoms with Gasteiger partial charge in [-0.05, 0) is 6.07 Å². The average molecular weight is 359 g/mol. The number of aliphatic hydroxyl groups is 2. The quantitative estimate of drug-likeness (QED) is 0.341. The minimum absolute atomic E-state index is 0. The predicted molar refractivity (Wildman–Crippen MR) is 69.4 cm³/mol. The van der Waals surface area contributed by atoms with Gasteiger partial charge in [0.25, 0.3) is 7.82 Å². The molecular weight excluding hydrogens is 344 g/mol. The molecule has 1 aliphatic rings. The van der Waals surface area contributed by atoms with E-state index in [9.17, 15) is 24.5 Å². The summed E-state index contributed by atoms with van der Waals surface area (Å²) in [6.07, 6.45) is -4.14. The van der Waals surface area contributed by atoms with Gasteiger partial charge in [-0.3, -0.25) is 9.13 Å². The van der Waals surface area contributed by atoms with Crippen molar-refractivity contribution >= 4 is 13.6 Å². The zero-order valence-electron chi connectivity index (χ0n) is 12.4. The Hall–Kier alpha value is -0.330. The number of rotatable bonds is 5. The molecule has 13 heteroatoms. The number of phosphoric acid groups is 1. The van der Waals surface area contributed by atoms with E-state index >= 15 is 0 Å². The zero-order chi connectivity index (χ0) is 16.5. The van der Waals surface area contributed by atoms with Crippen LogP contribution >= 0.6 is 7.82 Å². The number of aromatic nitrogens is 2. The van der Waals surface area contributed by atoms with Crippen LogP contribution in [0.2, 0.25) is 0 Å². The summed E-state index contributed by atoms with van der Waals surface area (Å²) in [4.78, 5) is 26.3. The van der Waals surface area contributed by atoms with E-state index in [2.05, 4.69) is 14.0 Å². The molecule has 11 nitrogen and oxygen atoms in total. The Morgan fingerprint density at radius 3 is 2.74 bits per heavy atom. The maximum atomic E-state index is 11.7. The maximum absolute atomic E-state index is 11.7. The predicted octanol–water partition coefficient (Wildman–Crippen LogP) is -5.42. The molecule has 5 atom stereocenters. The van der Waals surface area contributed by atoms with Crippen LogP contribution in [0.3, 0.4) is 0 Å². The Kier molecular flexibility index (Phi) is 7.36. The van der Waals surface area contributed by atoms with Gasteiger partial charge >= 0.3 is 35.2 Å². The van der Waals surface area contributed by atoms with Crippen LogP contribution in [0, 0.1) is 0 Å². The summed E-state index contributed by atoms with van der Waals surface area (Å²) < 4.78 is 25.9. The first-order chi connectivity index (χ1) is 10.2. The number of anilines is 1. The second-order valence-corrected chi connectivity index (χ2v) is 6.03. The van der Waals surface area contributed by atoms with Crippen molar-refractivity contribution < 1.29 is 63.0 Å². The molecule has 2 rings (SSSR count). The minimum Gasteiger partial charge on any atom is -0.756 e. The first kappa shape index (κ1) is 20.7. The minimum atomic E-state index is -4.50. The fourth-order valence-corrected chi connectivity index (χ4v) is 2.37. The number of hydrogen-bond acceptors (Lipinski definition) is 10. The average Bonchev–Trinajstić information content (AvgIpc) is 2.73. The van der Waals surface area contributed by atoms with Gasteiger partial charge in [-0.1, -0.05) is 0 Å². The molecule has 23 heavy (non-hydrogen) atoms. The summed E-state index contributed by atoms with van der Waals surface area (Å²) >= 11 is 0. The maximum Gasteiger partial charge on any atom is 1.00 e. The van der Waals surface area contributed by atoms with Gasteiger partial charge in [-0.25, -0.2) is 4.79 Å². The number of nitrogens with two attached hydrogens (primary N) is 1. The van der Waals surface area contributed by atoms with E-state index < -0.39 is 44.7 Å². The van der Waals surface area contributed by atoms with Gasteiger partial charge in [0.15, 0.2) is 6.23 Å². The fraction of sp³-hybridized carbons (Fsp3) is 0.600. The second kappa shape index (κ2) is 8.17. The van der Waals surface area contributed by atoms with E-state index in [1.54, 1.807) is 0 Å². The monoisotopic (exact) mass is 359 g/mol. The molecule has 124 valence electrons. The number of ether oxygens (including phenoxy) is 1. The van der Waals surface area contributed by atoms with E-state index in [0.717, 1.165) is 11.7 Å². The number of nitrogen functional groups attached to an aromatic ring is 1. The molecule has 1 saturated heterocycles. The fourth-order valence-electron chi connectivity index (χ4n) is 1.93. The van der Waals surface area contributed by atoms with Crippen LogP contribution in [-0.2, 0) is 18.3 Å². The molecule has 1 aliphatic heterocycles. The molecule has 0 bridgehead atoms. The Morgan fingerprint density at radius 2 is 2.17 bits per heavy atom. The zero-order valence-corrected chi connectivity index (χ0v) is 15.3. The Labute approximate surface area is 152 Å². The van der Waals surface area contributed by atoms with Crippen molar-refractivity contribution in [1.82, 2.24) is 9.55 Å². The molecule has 1 aromatic rings. The molecule has 1 aromatic heterocycles. The molecule has 0 aliphatic carbocycles. The summed E-state index contributed by atoms with van der Waals surface area (Å²) in [6, 6.07) is 1.31. The third kappa shape index (κ3) is 4.83. The Morgan fingerprint density at radius 1 is 1.52 bits per heavy atom. The molecule has 1 unspecified atom stereocenters. The largest absolute Gasteiger partial charge is 1.00 e. The molecule has 4 N–H and O–H groups in total. The molecule has 0 spiro atoms. The smallest absolute Gasteiger partial charge is 0.756 e. The third-order valence-corrected chi connectivity index (χ3v) is 4.00. The molecule has 0 amide bonds. The number of phosphoric ester groups is 1. The van der Waals surface area contributed by atoms with E-state index in [-0.39, 0.29) is 35.4 Å². The van der Waals surface area contributed by atoms with Gasteiger partial charge in [0.2, 0.25) is 0 Å². The van der Waals surface area contributed by atoms with Gasteiger partial charge in [0.05, 0.1) is 6.61 Å². The number of hydrogen-bond donors (Lipinski definition) is 3. The van der Waals surface area contributed by atoms with Crippen LogP contribution in [0.1, 0.15) is 6.23 Å². The number of aliphatic hydroxyl groups excluding tert-OH is 2. The van der Waals surface area contributed by atoms with E-state index in [1.165, 1.54) is 12.3 Å². The van der Waals surface area contributed by atoms with E-state index in [1.807, 2.05) is 0 Å². The summed E-state index contributed by atoms with van der Waals surface area (Å²) in [6.45, 7) is -0.583. The van der Waals surface area contributed by atoms with Crippen molar-refractivity contribution in [1.29, 1.82) is 0 Å². The van der Waals surface area contributed by atoms with Gasteiger partial charge < -0.3 is 34.6 Å². The normalized spacial score (nSPS) is 29.7. The standard InChI is InChI=1S/C10H16N3O8P.Na/c1-19-22(17,18)20-4-5-7(14)8(15)9(21-5)13-3-2-6(11)12-10(13)16;/h2-3,5,7-9,14-15H,4H2,1H3,(H,17,18)(H2,11,12,16);/q;+1/p-1/t5-,7-,8-,9-;/m1./s1. The van der Waals surface area contributed by atoms with Gasteiger partial charge in [0, 0.05) is 13.3 Å². The Balaban J connectivity index is 0.00000264. The van der Waals surface area contributed by atoms with Crippen molar-refractivity contribution in [3.63, 3.8) is 0 Å². The van der Waals surface area contributed by atoms with Crippen molar-refractivity contribution in [2.45, 2.75) is 24.5 Å². The van der Waals surface area contributed by atoms with Crippen molar-refractivity contribution in [2.24, 2.45) is 0 Å². The third-order valence-electron chi connectivity index (χ3n) is 3.08. The van der Waals surface area contributed by atoms with E-state index in [0.29, 0.717) is 0 Å². The summed E-state index contributed by atoms with van der Waals surface area (Å²) in [5, 5.41) is 19.8. The van der Waals surface area contributed by atoms with Crippen LogP contribution in [0.15, 0.2) is 17.1 Å². The second-order valence-electron chi connectivity index (χ2n) is 4.51. The SMILES string of the molecule is COP(=O)([O-])OC[C@H]1O[C@@H](n2ccc(N)nc2=O)[C@H](O)[C@@H]1O.[Na+]. The summed E-state index contributed by atoms with van der Waals surface area (Å²) in [7, 11) is -3.59. The van der Waals surface area contributed by atoms with Crippen molar-refractivity contribution in [3.05, 3.63) is 22.7 Å². The van der Waals surface area contributed by atoms with Crippen LogP contribution in [0.4, 0.5) is 5.82 Å². The van der Waals surface area contributed by atoms with Gasteiger partial charge in [-0.2, -0.15) is 4.98 Å².